The fourth-order valence-electron chi connectivity index (χ4n) is 3.37. The lowest BCUT2D eigenvalue weighted by Crippen LogP contribution is -2.39. The molecule has 0 saturated carbocycles. The van der Waals surface area contributed by atoms with E-state index in [1.54, 1.807) is 0 Å². The molecule has 1 heterocycles. The zero-order valence-corrected chi connectivity index (χ0v) is 10.6. The van der Waals surface area contributed by atoms with Crippen molar-refractivity contribution in [1.82, 2.24) is 5.32 Å². The SMILES string of the molecule is Cl.O=C(O)C12CNCC1=CC1=CCCCC1C2. The van der Waals surface area contributed by atoms with Crippen LogP contribution in [0.25, 0.3) is 0 Å². The van der Waals surface area contributed by atoms with Gasteiger partial charge in [0.1, 0.15) is 5.41 Å². The molecule has 94 valence electrons. The first-order valence-corrected chi connectivity index (χ1v) is 6.07. The van der Waals surface area contributed by atoms with E-state index in [1.807, 2.05) is 0 Å². The van der Waals surface area contributed by atoms with E-state index < -0.39 is 11.4 Å². The molecule has 4 heteroatoms. The average Bonchev–Trinajstić information content (AvgIpc) is 2.69. The molecule has 2 atom stereocenters. The molecular formula is C13H18ClNO2. The zero-order valence-electron chi connectivity index (χ0n) is 9.74. The molecule has 1 saturated heterocycles. The van der Waals surface area contributed by atoms with Crippen LogP contribution in [0.1, 0.15) is 25.7 Å². The predicted molar refractivity (Wildman–Crippen MR) is 68.3 cm³/mol. The quantitative estimate of drug-likeness (QED) is 0.755. The summed E-state index contributed by atoms with van der Waals surface area (Å²) in [5.74, 6) is -0.165. The van der Waals surface area contributed by atoms with Gasteiger partial charge in [-0.15, -0.1) is 12.4 Å². The summed E-state index contributed by atoms with van der Waals surface area (Å²) in [7, 11) is 0. The number of rotatable bonds is 1. The van der Waals surface area contributed by atoms with Crippen LogP contribution in [0.4, 0.5) is 0 Å². The molecule has 2 N–H and O–H groups in total. The van der Waals surface area contributed by atoms with Crippen LogP contribution in [0.2, 0.25) is 0 Å². The minimum atomic E-state index is -0.645. The maximum atomic E-state index is 11.5. The molecule has 3 aliphatic rings. The van der Waals surface area contributed by atoms with Gasteiger partial charge in [-0.1, -0.05) is 12.2 Å². The van der Waals surface area contributed by atoms with Crippen molar-refractivity contribution in [3.63, 3.8) is 0 Å². The third kappa shape index (κ3) is 1.81. The van der Waals surface area contributed by atoms with Gasteiger partial charge in [0.2, 0.25) is 0 Å². The first kappa shape index (κ1) is 12.7. The lowest BCUT2D eigenvalue weighted by atomic mass is 9.66. The van der Waals surface area contributed by atoms with E-state index >= 15 is 0 Å². The number of aliphatic carboxylic acids is 1. The van der Waals surface area contributed by atoms with Gasteiger partial charge < -0.3 is 10.4 Å². The van der Waals surface area contributed by atoms with Crippen molar-refractivity contribution in [2.24, 2.45) is 11.3 Å². The third-order valence-electron chi connectivity index (χ3n) is 4.31. The van der Waals surface area contributed by atoms with Gasteiger partial charge in [-0.05, 0) is 42.7 Å². The van der Waals surface area contributed by atoms with E-state index in [4.69, 9.17) is 0 Å². The largest absolute Gasteiger partial charge is 0.481 e. The van der Waals surface area contributed by atoms with Gasteiger partial charge >= 0.3 is 5.97 Å². The molecule has 0 aromatic heterocycles. The van der Waals surface area contributed by atoms with Crippen molar-refractivity contribution < 1.29 is 9.90 Å². The smallest absolute Gasteiger partial charge is 0.315 e. The highest BCUT2D eigenvalue weighted by molar-refractivity contribution is 5.85. The Morgan fingerprint density at radius 1 is 1.53 bits per heavy atom. The van der Waals surface area contributed by atoms with Crippen LogP contribution in [0.5, 0.6) is 0 Å². The molecule has 0 aromatic carbocycles. The molecular weight excluding hydrogens is 238 g/mol. The van der Waals surface area contributed by atoms with Gasteiger partial charge in [0.15, 0.2) is 0 Å². The molecule has 17 heavy (non-hydrogen) atoms. The Morgan fingerprint density at radius 2 is 2.35 bits per heavy atom. The number of hydrogen-bond acceptors (Lipinski definition) is 2. The van der Waals surface area contributed by atoms with Gasteiger partial charge in [0.25, 0.3) is 0 Å². The number of carboxylic acid groups (broad SMARTS) is 1. The van der Waals surface area contributed by atoms with Crippen LogP contribution in [-0.4, -0.2) is 24.2 Å². The monoisotopic (exact) mass is 255 g/mol. The van der Waals surface area contributed by atoms with Crippen molar-refractivity contribution in [1.29, 1.82) is 0 Å². The van der Waals surface area contributed by atoms with Gasteiger partial charge in [-0.2, -0.15) is 0 Å². The van der Waals surface area contributed by atoms with Crippen LogP contribution in [0, 0.1) is 11.3 Å². The second-order valence-electron chi connectivity index (χ2n) is 5.20. The highest BCUT2D eigenvalue weighted by atomic mass is 35.5. The van der Waals surface area contributed by atoms with Crippen molar-refractivity contribution in [3.05, 3.63) is 23.3 Å². The fourth-order valence-corrected chi connectivity index (χ4v) is 3.37. The molecule has 3 nitrogen and oxygen atoms in total. The van der Waals surface area contributed by atoms with Crippen LogP contribution in [-0.2, 0) is 4.79 Å². The maximum absolute atomic E-state index is 11.5. The molecule has 0 bridgehead atoms. The van der Waals surface area contributed by atoms with Gasteiger partial charge in [0.05, 0.1) is 0 Å². The lowest BCUT2D eigenvalue weighted by Gasteiger charge is -2.36. The van der Waals surface area contributed by atoms with E-state index in [9.17, 15) is 9.90 Å². The van der Waals surface area contributed by atoms with E-state index in [2.05, 4.69) is 17.5 Å². The lowest BCUT2D eigenvalue weighted by molar-refractivity contribution is -0.146. The summed E-state index contributed by atoms with van der Waals surface area (Å²) < 4.78 is 0. The second kappa shape index (κ2) is 4.46. The minimum Gasteiger partial charge on any atom is -0.481 e. The number of carboxylic acids is 1. The summed E-state index contributed by atoms with van der Waals surface area (Å²) in [6.07, 6.45) is 8.77. The summed E-state index contributed by atoms with van der Waals surface area (Å²) in [6.45, 7) is 1.36. The fraction of sp³-hybridized carbons (Fsp3) is 0.615. The summed E-state index contributed by atoms with van der Waals surface area (Å²) >= 11 is 0. The van der Waals surface area contributed by atoms with Gasteiger partial charge in [-0.3, -0.25) is 4.79 Å². The topological polar surface area (TPSA) is 49.3 Å². The highest BCUT2D eigenvalue weighted by Crippen LogP contribution is 2.47. The number of halogens is 1. The van der Waals surface area contributed by atoms with Crippen molar-refractivity contribution in [2.75, 3.05) is 13.1 Å². The number of carbonyl (C=O) groups is 1. The molecule has 1 fully saturated rings. The Morgan fingerprint density at radius 3 is 3.12 bits per heavy atom. The van der Waals surface area contributed by atoms with Crippen LogP contribution in [0.3, 0.4) is 0 Å². The average molecular weight is 256 g/mol. The molecule has 3 rings (SSSR count). The zero-order chi connectivity index (χ0) is 11.2. The number of nitrogens with one attached hydrogen (secondary N) is 1. The molecule has 0 radical (unpaired) electrons. The standard InChI is InChI=1S/C13H17NO2.ClH/c15-12(16)13-6-10-4-2-1-3-9(10)5-11(13)7-14-8-13;/h3,5,10,14H,1-2,4,6-8H2,(H,15,16);1H. The van der Waals surface area contributed by atoms with Crippen LogP contribution < -0.4 is 5.32 Å². The number of fused-ring (bicyclic) bond motifs is 2. The van der Waals surface area contributed by atoms with E-state index in [0.29, 0.717) is 12.5 Å². The third-order valence-corrected chi connectivity index (χ3v) is 4.31. The number of allylic oxidation sites excluding steroid dienone is 3. The summed E-state index contributed by atoms with van der Waals surface area (Å²) in [5.41, 5.74) is 1.88. The van der Waals surface area contributed by atoms with Gasteiger partial charge in [0, 0.05) is 13.1 Å². The minimum absolute atomic E-state index is 0. The van der Waals surface area contributed by atoms with Crippen molar-refractivity contribution >= 4 is 18.4 Å². The van der Waals surface area contributed by atoms with Crippen LogP contribution in [0.15, 0.2) is 23.3 Å². The predicted octanol–water partition coefficient (Wildman–Crippen LogP) is 2.14. The molecule has 0 spiro atoms. The molecule has 0 aromatic rings. The molecule has 0 amide bonds. The summed E-state index contributed by atoms with van der Waals surface area (Å²) in [4.78, 5) is 11.5. The van der Waals surface area contributed by atoms with Crippen molar-refractivity contribution in [3.8, 4) is 0 Å². The number of hydrogen-bond donors (Lipinski definition) is 2. The Bertz CT molecular complexity index is 402. The Hall–Kier alpha value is -0.800. The Labute approximate surface area is 107 Å². The van der Waals surface area contributed by atoms with Crippen molar-refractivity contribution in [2.45, 2.75) is 25.7 Å². The second-order valence-corrected chi connectivity index (χ2v) is 5.20. The van der Waals surface area contributed by atoms with Gasteiger partial charge in [-0.25, -0.2) is 0 Å². The van der Waals surface area contributed by atoms with Crippen LogP contribution >= 0.6 is 12.4 Å². The molecule has 2 aliphatic carbocycles. The Balaban J connectivity index is 0.00000108. The molecule has 2 unspecified atom stereocenters. The first-order valence-electron chi connectivity index (χ1n) is 6.07. The van der Waals surface area contributed by atoms with E-state index in [0.717, 1.165) is 31.4 Å². The Kier molecular flexibility index (Phi) is 3.32. The van der Waals surface area contributed by atoms with E-state index in [-0.39, 0.29) is 12.4 Å². The highest BCUT2D eigenvalue weighted by Gasteiger charge is 2.49. The summed E-state index contributed by atoms with van der Waals surface area (Å²) in [5, 5.41) is 12.7. The first-order chi connectivity index (χ1) is 7.72. The molecule has 1 aliphatic heterocycles. The summed E-state index contributed by atoms with van der Waals surface area (Å²) in [6, 6.07) is 0. The normalized spacial score (nSPS) is 34.9. The van der Waals surface area contributed by atoms with E-state index in [1.165, 1.54) is 12.0 Å². The maximum Gasteiger partial charge on any atom is 0.315 e.